The Labute approximate surface area is 58.0 Å². The first-order chi connectivity index (χ1) is 3.27. The molecule has 0 saturated carbocycles. The summed E-state index contributed by atoms with van der Waals surface area (Å²) >= 11 is 1.29. The Kier molecular flexibility index (Phi) is 5.42. The van der Waals surface area contributed by atoms with Crippen LogP contribution in [-0.2, 0) is 0 Å². The second-order valence-corrected chi connectivity index (χ2v) is 3.18. The summed E-state index contributed by atoms with van der Waals surface area (Å²) in [6.07, 6.45) is 2.91. The van der Waals surface area contributed by atoms with Gasteiger partial charge in [0.2, 0.25) is 0 Å². The van der Waals surface area contributed by atoms with Crippen molar-refractivity contribution in [2.45, 2.75) is 30.3 Å². The van der Waals surface area contributed by atoms with E-state index in [-0.39, 0.29) is 0 Å². The Morgan fingerprint density at radius 1 is 1.71 bits per heavy atom. The van der Waals surface area contributed by atoms with Crippen LogP contribution in [0.25, 0.3) is 0 Å². The van der Waals surface area contributed by atoms with Crippen LogP contribution in [0.15, 0.2) is 0 Å². The van der Waals surface area contributed by atoms with E-state index in [9.17, 15) is 4.39 Å². The number of halogens is 1. The Balaban J connectivity index is 2.68. The molecule has 0 aliphatic rings. The summed E-state index contributed by atoms with van der Waals surface area (Å²) in [5.74, 6) is 0. The van der Waals surface area contributed by atoms with E-state index in [1.807, 2.05) is 0 Å². The van der Waals surface area contributed by atoms with Crippen molar-refractivity contribution >= 4 is 23.0 Å². The van der Waals surface area contributed by atoms with Crippen LogP contribution in [-0.4, -0.2) is 27.1 Å². The third-order valence-electron chi connectivity index (χ3n) is 0.796. The third kappa shape index (κ3) is 6.75. The van der Waals surface area contributed by atoms with Gasteiger partial charge in [0.15, 0.2) is 0 Å². The van der Waals surface area contributed by atoms with Crippen molar-refractivity contribution in [2.24, 2.45) is 0 Å². The number of hydrogen-bond acceptors (Lipinski definition) is 0. The average molecular weight is 211 g/mol. The van der Waals surface area contributed by atoms with Crippen LogP contribution in [0.2, 0.25) is 0 Å². The Bertz CT molecular complexity index is 37.1. The third-order valence-corrected chi connectivity index (χ3v) is 1.53. The molecule has 0 N–H and O–H groups in total. The van der Waals surface area contributed by atoms with E-state index in [4.69, 9.17) is 0 Å². The predicted molar refractivity (Wildman–Crippen MR) is 30.2 cm³/mol. The molecule has 1 atom stereocenters. The second-order valence-electron chi connectivity index (χ2n) is 1.58. The van der Waals surface area contributed by atoms with E-state index in [0.29, 0.717) is 0 Å². The molecule has 0 aromatic carbocycles. The number of unbranched alkanes of at least 4 members (excludes halogenated alkanes) is 1. The zero-order valence-corrected chi connectivity index (χ0v) is 7.08. The van der Waals surface area contributed by atoms with Gasteiger partial charge in [-0.15, -0.1) is 0 Å². The fraction of sp³-hybridized carbons (Fsp3) is 1.00. The molecule has 0 rings (SSSR count). The number of alkyl halides is 1. The molecular formula is C5H10FSb. The van der Waals surface area contributed by atoms with Crippen LogP contribution in [0.5, 0.6) is 0 Å². The van der Waals surface area contributed by atoms with E-state index in [1.54, 1.807) is 0 Å². The molecule has 0 fully saturated rings. The summed E-state index contributed by atoms with van der Waals surface area (Å²) in [6, 6.07) is 0. The summed E-state index contributed by atoms with van der Waals surface area (Å²) in [4.78, 5) is 0. The zero-order chi connectivity index (χ0) is 5.70. The van der Waals surface area contributed by atoms with Crippen LogP contribution in [0.1, 0.15) is 26.2 Å². The quantitative estimate of drug-likeness (QED) is 0.622. The van der Waals surface area contributed by atoms with Gasteiger partial charge in [-0.1, -0.05) is 0 Å². The van der Waals surface area contributed by atoms with Gasteiger partial charge in [-0.05, 0) is 0 Å². The van der Waals surface area contributed by atoms with Gasteiger partial charge < -0.3 is 0 Å². The van der Waals surface area contributed by atoms with Gasteiger partial charge in [0.25, 0.3) is 0 Å². The molecule has 2 radical (unpaired) electrons. The van der Waals surface area contributed by atoms with Crippen LogP contribution >= 0.6 is 0 Å². The normalized spacial score (nSPS) is 14.1. The molecule has 0 amide bonds. The fourth-order valence-corrected chi connectivity index (χ4v) is 0.894. The maximum atomic E-state index is 11.9. The van der Waals surface area contributed by atoms with Gasteiger partial charge in [-0.2, -0.15) is 0 Å². The van der Waals surface area contributed by atoms with Crippen molar-refractivity contribution in [3.8, 4) is 0 Å². The van der Waals surface area contributed by atoms with Crippen LogP contribution in [0.3, 0.4) is 0 Å². The zero-order valence-electron chi connectivity index (χ0n) is 4.52. The number of rotatable bonds is 3. The standard InChI is InChI=1S/C5H10F.Sb/c1-2-3-4-5-6;/h5H,2-4H2,1H3;. The summed E-state index contributed by atoms with van der Waals surface area (Å²) < 4.78 is 11.4. The molecule has 0 heterocycles. The minimum atomic E-state index is -0.547. The molecule has 0 aliphatic heterocycles. The molecule has 0 bridgehead atoms. The molecule has 0 aromatic rings. The molecule has 0 spiro atoms. The SMILES string of the molecule is CCCC[CH](F)[Sb]. The summed E-state index contributed by atoms with van der Waals surface area (Å²) in [5.41, 5.74) is 0. The molecule has 0 aromatic heterocycles. The summed E-state index contributed by atoms with van der Waals surface area (Å²) in [7, 11) is 0. The fourth-order valence-electron chi connectivity index (χ4n) is 0.373. The van der Waals surface area contributed by atoms with Gasteiger partial charge in [0.1, 0.15) is 0 Å². The molecule has 2 heteroatoms. The van der Waals surface area contributed by atoms with Crippen molar-refractivity contribution < 1.29 is 4.39 Å². The Morgan fingerprint density at radius 3 is 2.43 bits per heavy atom. The van der Waals surface area contributed by atoms with Gasteiger partial charge >= 0.3 is 57.7 Å². The van der Waals surface area contributed by atoms with E-state index in [0.717, 1.165) is 19.3 Å². The van der Waals surface area contributed by atoms with Crippen molar-refractivity contribution in [3.63, 3.8) is 0 Å². The van der Waals surface area contributed by atoms with E-state index in [1.165, 1.54) is 23.0 Å². The van der Waals surface area contributed by atoms with Gasteiger partial charge in [-0.3, -0.25) is 0 Å². The number of hydrogen-bond donors (Lipinski definition) is 0. The van der Waals surface area contributed by atoms with E-state index >= 15 is 0 Å². The van der Waals surface area contributed by atoms with Crippen molar-refractivity contribution in [3.05, 3.63) is 0 Å². The van der Waals surface area contributed by atoms with Crippen LogP contribution in [0.4, 0.5) is 4.39 Å². The predicted octanol–water partition coefficient (Wildman–Crippen LogP) is 1.64. The summed E-state index contributed by atoms with van der Waals surface area (Å²) in [5, 5.41) is 0. The van der Waals surface area contributed by atoms with Crippen molar-refractivity contribution in [1.29, 1.82) is 0 Å². The average Bonchev–Trinajstić information content (AvgIpc) is 1.61. The molecule has 42 valence electrons. The van der Waals surface area contributed by atoms with Crippen molar-refractivity contribution in [1.82, 2.24) is 0 Å². The van der Waals surface area contributed by atoms with E-state index < -0.39 is 4.12 Å². The van der Waals surface area contributed by atoms with Crippen molar-refractivity contribution in [2.75, 3.05) is 0 Å². The van der Waals surface area contributed by atoms with Gasteiger partial charge in [-0.25, -0.2) is 0 Å². The Hall–Kier alpha value is 0.748. The maximum absolute atomic E-state index is 11.9. The van der Waals surface area contributed by atoms with Gasteiger partial charge in [0.05, 0.1) is 0 Å². The topological polar surface area (TPSA) is 0 Å². The molecule has 0 nitrogen and oxygen atoms in total. The Morgan fingerprint density at radius 2 is 2.29 bits per heavy atom. The molecule has 0 aliphatic carbocycles. The minimum absolute atomic E-state index is 0.547. The first kappa shape index (κ1) is 7.75. The molecule has 7 heavy (non-hydrogen) atoms. The van der Waals surface area contributed by atoms with E-state index in [2.05, 4.69) is 6.92 Å². The molecule has 0 saturated heterocycles. The first-order valence-corrected chi connectivity index (χ1v) is 4.07. The monoisotopic (exact) mass is 210 g/mol. The van der Waals surface area contributed by atoms with Crippen LogP contribution < -0.4 is 0 Å². The second kappa shape index (κ2) is 4.90. The molecule has 1 unspecified atom stereocenters. The first-order valence-electron chi connectivity index (χ1n) is 2.59. The van der Waals surface area contributed by atoms with Crippen LogP contribution in [0, 0.1) is 0 Å². The molecular weight excluding hydrogens is 201 g/mol. The summed E-state index contributed by atoms with van der Waals surface area (Å²) in [6.45, 7) is 2.08. The van der Waals surface area contributed by atoms with Gasteiger partial charge in [0, 0.05) is 0 Å².